The van der Waals surface area contributed by atoms with Gasteiger partial charge >= 0.3 is 0 Å². The van der Waals surface area contributed by atoms with E-state index in [9.17, 15) is 0 Å². The van der Waals surface area contributed by atoms with E-state index in [4.69, 9.17) is 0 Å². The summed E-state index contributed by atoms with van der Waals surface area (Å²) in [5.74, 6) is 0. The summed E-state index contributed by atoms with van der Waals surface area (Å²) in [4.78, 5) is 5.11. The van der Waals surface area contributed by atoms with Crippen LogP contribution in [-0.2, 0) is 0 Å². The molecular formula is C68H74N2S2Si. The Labute approximate surface area is 447 Å². The van der Waals surface area contributed by atoms with Gasteiger partial charge in [-0.1, -0.05) is 119 Å². The molecule has 73 heavy (non-hydrogen) atoms. The molecule has 2 nitrogen and oxygen atoms in total. The lowest BCUT2D eigenvalue weighted by Crippen LogP contribution is -2.54. The lowest BCUT2D eigenvalue weighted by molar-refractivity contribution is 1.15. The molecule has 0 saturated heterocycles. The number of rotatable bonds is 10. The first-order valence-electron chi connectivity index (χ1n) is 25.9. The fourth-order valence-electron chi connectivity index (χ4n) is 12.7. The molecule has 0 amide bonds. The Morgan fingerprint density at radius 3 is 0.836 bits per heavy atom. The van der Waals surface area contributed by atoms with Crippen molar-refractivity contribution in [2.24, 2.45) is 0 Å². The Bertz CT molecular complexity index is 3130. The standard InChI is InChI=1S/C68H74N2S2Si/c1-39-25-47(9)65(48(10)26-39)69(66-49(11)27-40(2)28-50(66)12)61-35-43(5)59(33-45(61)7)57-23-21-55-19-20-56-22-24-58(38-64(56)73(71-17,72-18)63(55)37-57)60-34-46(8)62(36-44(60)6)70(67-51(13)29-41(3)30-52(67)14)68-53(15)31-42(4)32-54(68)16/h19-38H,1-18H3. The molecule has 9 rings (SSSR count). The van der Waals surface area contributed by atoms with Gasteiger partial charge in [0.2, 0.25) is 6.37 Å². The topological polar surface area (TPSA) is 6.48 Å². The van der Waals surface area contributed by atoms with E-state index >= 15 is 0 Å². The number of hydrogen-bond acceptors (Lipinski definition) is 4. The predicted octanol–water partition coefficient (Wildman–Crippen LogP) is 18.7. The minimum atomic E-state index is -2.46. The summed E-state index contributed by atoms with van der Waals surface area (Å²) < 4.78 is 0. The second-order valence-corrected chi connectivity index (χ2v) is 31.6. The quantitative estimate of drug-likeness (QED) is 0.126. The van der Waals surface area contributed by atoms with Crippen LogP contribution in [0.15, 0.2) is 109 Å². The van der Waals surface area contributed by atoms with Crippen LogP contribution in [0.4, 0.5) is 34.1 Å². The molecule has 0 aliphatic carbocycles. The second-order valence-electron chi connectivity index (χ2n) is 21.5. The predicted molar refractivity (Wildman–Crippen MR) is 330 cm³/mol. The van der Waals surface area contributed by atoms with Gasteiger partial charge in [-0.15, -0.1) is 0 Å². The van der Waals surface area contributed by atoms with E-state index in [1.165, 1.54) is 167 Å². The summed E-state index contributed by atoms with van der Waals surface area (Å²) in [7, 11) is 0. The van der Waals surface area contributed by atoms with Crippen LogP contribution in [0.25, 0.3) is 34.4 Å². The smallest absolute Gasteiger partial charge is 0.240 e. The van der Waals surface area contributed by atoms with Gasteiger partial charge in [0.25, 0.3) is 0 Å². The molecule has 0 fully saturated rings. The van der Waals surface area contributed by atoms with E-state index in [0.29, 0.717) is 0 Å². The third-order valence-corrected chi connectivity index (χ3v) is 28.0. The van der Waals surface area contributed by atoms with Crippen LogP contribution >= 0.6 is 22.4 Å². The van der Waals surface area contributed by atoms with E-state index < -0.39 is 6.37 Å². The zero-order chi connectivity index (χ0) is 52.5. The third-order valence-electron chi connectivity index (χ3n) is 15.5. The van der Waals surface area contributed by atoms with Crippen LogP contribution in [0.3, 0.4) is 0 Å². The summed E-state index contributed by atoms with van der Waals surface area (Å²) in [5.41, 5.74) is 35.9. The first-order chi connectivity index (χ1) is 34.7. The number of fused-ring (bicyclic) bond motifs is 2. The molecule has 0 bridgehead atoms. The fraction of sp³-hybridized carbons (Fsp3) is 0.265. The third kappa shape index (κ3) is 9.25. The van der Waals surface area contributed by atoms with E-state index in [1.54, 1.807) is 0 Å². The Balaban J connectivity index is 1.15. The molecule has 1 heterocycles. The average molecular weight is 1010 g/mol. The normalized spacial score (nSPS) is 12.7. The van der Waals surface area contributed by atoms with Crippen molar-refractivity contribution >= 4 is 85.4 Å². The zero-order valence-corrected chi connectivity index (χ0v) is 49.4. The van der Waals surface area contributed by atoms with Gasteiger partial charge in [0.15, 0.2) is 0 Å². The number of aryl methyl sites for hydroxylation is 16. The zero-order valence-electron chi connectivity index (χ0n) is 46.8. The van der Waals surface area contributed by atoms with Gasteiger partial charge in [-0.25, -0.2) is 0 Å². The maximum atomic E-state index is 2.56. The van der Waals surface area contributed by atoms with Gasteiger partial charge in [0, 0.05) is 11.4 Å². The number of hydrogen-bond donors (Lipinski definition) is 0. The van der Waals surface area contributed by atoms with Crippen molar-refractivity contribution in [3.63, 3.8) is 0 Å². The monoisotopic (exact) mass is 1010 g/mol. The lowest BCUT2D eigenvalue weighted by Gasteiger charge is -2.34. The van der Waals surface area contributed by atoms with Gasteiger partial charge in [0.1, 0.15) is 0 Å². The molecule has 8 aromatic rings. The molecule has 5 heteroatoms. The SMILES string of the molecule is CS[Si]1(SC)c2cc(-c3cc(C)c(N(c4c(C)cc(C)cc4C)c4c(C)cc(C)cc4C)cc3C)ccc2C=Cc2ccc(-c3cc(C)c(N(c4c(C)cc(C)cc4C)c4c(C)cc(C)cc4C)cc3C)cc21. The van der Waals surface area contributed by atoms with E-state index in [2.05, 4.69) is 277 Å². The average Bonchev–Trinajstić information content (AvgIpc) is 3.44. The van der Waals surface area contributed by atoms with Crippen molar-refractivity contribution < 1.29 is 0 Å². The maximum Gasteiger partial charge on any atom is 0.240 e. The highest BCUT2D eigenvalue weighted by Gasteiger charge is 2.41. The molecule has 0 spiro atoms. The second kappa shape index (κ2) is 20.0. The van der Waals surface area contributed by atoms with Crippen molar-refractivity contribution in [3.8, 4) is 22.3 Å². The highest BCUT2D eigenvalue weighted by atomic mass is 32.6. The fourth-order valence-corrected chi connectivity index (χ4v) is 22.5. The van der Waals surface area contributed by atoms with Crippen LogP contribution in [0, 0.1) is 111 Å². The first-order valence-corrected chi connectivity index (χ1v) is 31.8. The summed E-state index contributed by atoms with van der Waals surface area (Å²) >= 11 is 4.16. The Morgan fingerprint density at radius 1 is 0.301 bits per heavy atom. The van der Waals surface area contributed by atoms with Crippen LogP contribution in [0.2, 0.25) is 0 Å². The van der Waals surface area contributed by atoms with Crippen molar-refractivity contribution in [1.82, 2.24) is 0 Å². The minimum Gasteiger partial charge on any atom is -0.309 e. The molecule has 0 saturated carbocycles. The molecular weight excluding hydrogens is 937 g/mol. The molecule has 1 aliphatic heterocycles. The number of benzene rings is 8. The molecule has 372 valence electrons. The number of anilines is 6. The van der Waals surface area contributed by atoms with Crippen molar-refractivity contribution in [2.75, 3.05) is 22.3 Å². The van der Waals surface area contributed by atoms with Gasteiger partial charge < -0.3 is 9.80 Å². The largest absolute Gasteiger partial charge is 0.309 e. The van der Waals surface area contributed by atoms with E-state index in [0.717, 1.165) is 0 Å². The van der Waals surface area contributed by atoms with Crippen LogP contribution in [0.5, 0.6) is 0 Å². The number of nitrogens with zero attached hydrogens (tertiary/aromatic N) is 2. The van der Waals surface area contributed by atoms with Crippen LogP contribution in [0.1, 0.15) is 100 Å². The Hall–Kier alpha value is -5.98. The lowest BCUT2D eigenvalue weighted by atomic mass is 9.93. The molecule has 0 N–H and O–H groups in total. The summed E-state index contributed by atoms with van der Waals surface area (Å²) in [6.45, 7) is 36.2. The Morgan fingerprint density at radius 2 is 0.575 bits per heavy atom. The van der Waals surface area contributed by atoms with E-state index in [1.807, 2.05) is 0 Å². The van der Waals surface area contributed by atoms with Gasteiger partial charge in [-0.3, -0.25) is 0 Å². The molecule has 0 atom stereocenters. The highest BCUT2D eigenvalue weighted by Crippen LogP contribution is 2.48. The minimum absolute atomic E-state index is 1.23. The van der Waals surface area contributed by atoms with Gasteiger partial charge in [0.05, 0.1) is 22.7 Å². The van der Waals surface area contributed by atoms with Crippen LogP contribution < -0.4 is 20.2 Å². The summed E-state index contributed by atoms with van der Waals surface area (Å²) in [5, 5.41) is 2.95. The summed E-state index contributed by atoms with van der Waals surface area (Å²) in [6.07, 6.45) is 6.99. The molecule has 8 aromatic carbocycles. The summed E-state index contributed by atoms with van der Waals surface area (Å²) in [6, 6.07) is 43.1. The van der Waals surface area contributed by atoms with E-state index in [-0.39, 0.29) is 0 Å². The van der Waals surface area contributed by atoms with Crippen molar-refractivity contribution in [3.05, 3.63) is 209 Å². The van der Waals surface area contributed by atoms with Gasteiger partial charge in [-0.05, 0) is 258 Å². The molecule has 1 aliphatic rings. The molecule has 0 radical (unpaired) electrons. The molecule has 0 aromatic heterocycles. The van der Waals surface area contributed by atoms with Crippen LogP contribution in [-0.4, -0.2) is 18.9 Å². The Kier molecular flexibility index (Phi) is 14.2. The van der Waals surface area contributed by atoms with Crippen molar-refractivity contribution in [1.29, 1.82) is 0 Å². The maximum absolute atomic E-state index is 2.56. The highest BCUT2D eigenvalue weighted by molar-refractivity contribution is 8.60. The van der Waals surface area contributed by atoms with Gasteiger partial charge in [-0.2, -0.15) is 22.4 Å². The molecule has 0 unspecified atom stereocenters. The first kappa shape index (κ1) is 51.9. The van der Waals surface area contributed by atoms with Crippen molar-refractivity contribution in [2.45, 2.75) is 111 Å².